The summed E-state index contributed by atoms with van der Waals surface area (Å²) in [7, 11) is 0. The number of nitrogens with one attached hydrogen (secondary N) is 1. The zero-order valence-corrected chi connectivity index (χ0v) is 11.6. The lowest BCUT2D eigenvalue weighted by atomic mass is 9.85. The van der Waals surface area contributed by atoms with Gasteiger partial charge in [-0.15, -0.1) is 0 Å². The highest BCUT2D eigenvalue weighted by molar-refractivity contribution is 5.33. The Hall–Kier alpha value is -1.36. The minimum absolute atomic E-state index is 0.314. The van der Waals surface area contributed by atoms with Crippen LogP contribution in [0.1, 0.15) is 39.0 Å². The first kappa shape index (κ1) is 14.1. The van der Waals surface area contributed by atoms with Crippen molar-refractivity contribution in [3.63, 3.8) is 0 Å². The van der Waals surface area contributed by atoms with E-state index in [0.717, 1.165) is 25.2 Å². The quantitative estimate of drug-likeness (QED) is 0.824. The third-order valence-corrected chi connectivity index (χ3v) is 3.58. The molecule has 1 aliphatic carbocycles. The van der Waals surface area contributed by atoms with Gasteiger partial charge in [-0.2, -0.15) is 4.98 Å². The van der Waals surface area contributed by atoms with E-state index >= 15 is 0 Å². The molecule has 1 heterocycles. The maximum Gasteiger partial charge on any atom is 0.234 e. The number of aromatic nitrogens is 2. The summed E-state index contributed by atoms with van der Waals surface area (Å²) in [4.78, 5) is 8.52. The van der Waals surface area contributed by atoms with Gasteiger partial charge in [0.05, 0.1) is 19.0 Å². The lowest BCUT2D eigenvalue weighted by Crippen LogP contribution is -2.37. The molecule has 2 unspecified atom stereocenters. The lowest BCUT2D eigenvalue weighted by molar-refractivity contribution is 0.303. The normalized spacial score (nSPS) is 23.1. The molecule has 0 aliphatic heterocycles. The van der Waals surface area contributed by atoms with E-state index in [0.29, 0.717) is 24.4 Å². The van der Waals surface area contributed by atoms with Crippen LogP contribution in [0.25, 0.3) is 0 Å². The molecule has 5 heteroatoms. The molecule has 1 aliphatic rings. The minimum atomic E-state index is 0.314. The Morgan fingerprint density at radius 1 is 1.37 bits per heavy atom. The average molecular weight is 264 g/mol. The number of hydrogen-bond donors (Lipinski definition) is 2. The highest BCUT2D eigenvalue weighted by Crippen LogP contribution is 2.23. The zero-order chi connectivity index (χ0) is 13.5. The fourth-order valence-electron chi connectivity index (χ4n) is 2.43. The van der Waals surface area contributed by atoms with Crippen LogP contribution in [0, 0.1) is 5.92 Å². The van der Waals surface area contributed by atoms with Crippen molar-refractivity contribution in [2.75, 3.05) is 18.5 Å². The summed E-state index contributed by atoms with van der Waals surface area (Å²) in [5, 5.41) is 3.33. The largest absolute Gasteiger partial charge is 0.477 e. The third kappa shape index (κ3) is 4.35. The Morgan fingerprint density at radius 3 is 3.00 bits per heavy atom. The van der Waals surface area contributed by atoms with E-state index in [2.05, 4.69) is 22.2 Å². The van der Waals surface area contributed by atoms with Gasteiger partial charge in [0.2, 0.25) is 5.88 Å². The summed E-state index contributed by atoms with van der Waals surface area (Å²) in [5.41, 5.74) is 6.14. The number of nitrogens with zero attached hydrogens (tertiary/aromatic N) is 2. The number of hydrogen-bond acceptors (Lipinski definition) is 5. The Kier molecular flexibility index (Phi) is 5.39. The zero-order valence-electron chi connectivity index (χ0n) is 11.6. The summed E-state index contributed by atoms with van der Waals surface area (Å²) >= 11 is 0. The first-order valence-electron chi connectivity index (χ1n) is 7.24. The van der Waals surface area contributed by atoms with Crippen LogP contribution in [0.4, 0.5) is 5.82 Å². The van der Waals surface area contributed by atoms with Crippen molar-refractivity contribution in [3.05, 3.63) is 12.4 Å². The Balaban J connectivity index is 1.84. The van der Waals surface area contributed by atoms with E-state index in [4.69, 9.17) is 10.5 Å². The van der Waals surface area contributed by atoms with E-state index < -0.39 is 0 Å². The topological polar surface area (TPSA) is 73.1 Å². The van der Waals surface area contributed by atoms with Gasteiger partial charge in [-0.25, -0.2) is 0 Å². The molecule has 106 valence electrons. The van der Waals surface area contributed by atoms with Gasteiger partial charge in [0.15, 0.2) is 0 Å². The Bertz CT molecular complexity index is 385. The second kappa shape index (κ2) is 7.28. The van der Waals surface area contributed by atoms with Gasteiger partial charge in [0.25, 0.3) is 0 Å². The highest BCUT2D eigenvalue weighted by Gasteiger charge is 2.21. The van der Waals surface area contributed by atoms with Crippen LogP contribution in [-0.2, 0) is 0 Å². The fraction of sp³-hybridized carbons (Fsp3) is 0.714. The van der Waals surface area contributed by atoms with Crippen LogP contribution >= 0.6 is 0 Å². The summed E-state index contributed by atoms with van der Waals surface area (Å²) < 4.78 is 5.47. The highest BCUT2D eigenvalue weighted by atomic mass is 16.5. The average Bonchev–Trinajstić information content (AvgIpc) is 2.45. The van der Waals surface area contributed by atoms with Crippen molar-refractivity contribution >= 4 is 5.82 Å². The van der Waals surface area contributed by atoms with Crippen LogP contribution in [-0.4, -0.2) is 29.2 Å². The molecule has 0 radical (unpaired) electrons. The molecule has 0 bridgehead atoms. The first-order valence-corrected chi connectivity index (χ1v) is 7.24. The minimum Gasteiger partial charge on any atom is -0.477 e. The maximum atomic E-state index is 6.14. The molecule has 3 N–H and O–H groups in total. The SMILES string of the molecule is CCCOc1cncc(NCC2CCCCC2N)n1. The molecule has 0 spiro atoms. The van der Waals surface area contributed by atoms with Crippen molar-refractivity contribution in [2.24, 2.45) is 11.7 Å². The van der Waals surface area contributed by atoms with Crippen molar-refractivity contribution in [3.8, 4) is 5.88 Å². The molecule has 0 saturated heterocycles. The van der Waals surface area contributed by atoms with Gasteiger partial charge < -0.3 is 15.8 Å². The molecule has 2 atom stereocenters. The molecular formula is C14H24N4O. The van der Waals surface area contributed by atoms with E-state index in [9.17, 15) is 0 Å². The van der Waals surface area contributed by atoms with E-state index in [1.165, 1.54) is 19.3 Å². The van der Waals surface area contributed by atoms with Crippen molar-refractivity contribution in [1.29, 1.82) is 0 Å². The molecule has 1 aromatic heterocycles. The van der Waals surface area contributed by atoms with Gasteiger partial charge >= 0.3 is 0 Å². The van der Waals surface area contributed by atoms with Crippen molar-refractivity contribution in [2.45, 2.75) is 45.1 Å². The van der Waals surface area contributed by atoms with Gasteiger partial charge in [-0.05, 0) is 25.2 Å². The predicted octanol–water partition coefficient (Wildman–Crippen LogP) is 2.19. The number of rotatable bonds is 6. The Labute approximate surface area is 115 Å². The molecule has 0 aromatic carbocycles. The molecule has 5 nitrogen and oxygen atoms in total. The first-order chi connectivity index (χ1) is 9.29. The summed E-state index contributed by atoms with van der Waals surface area (Å²) in [6.45, 7) is 3.61. The smallest absolute Gasteiger partial charge is 0.234 e. The lowest BCUT2D eigenvalue weighted by Gasteiger charge is -2.28. The molecule has 0 amide bonds. The molecule has 1 saturated carbocycles. The Morgan fingerprint density at radius 2 is 2.21 bits per heavy atom. The number of nitrogens with two attached hydrogens (primary N) is 1. The third-order valence-electron chi connectivity index (χ3n) is 3.58. The second-order valence-electron chi connectivity index (χ2n) is 5.18. The van der Waals surface area contributed by atoms with Crippen LogP contribution in [0.2, 0.25) is 0 Å². The molecule has 1 fully saturated rings. The van der Waals surface area contributed by atoms with Crippen LogP contribution in [0.5, 0.6) is 5.88 Å². The molecule has 19 heavy (non-hydrogen) atoms. The summed E-state index contributed by atoms with van der Waals surface area (Å²) in [6, 6.07) is 0.314. The number of ether oxygens (including phenoxy) is 1. The monoisotopic (exact) mass is 264 g/mol. The van der Waals surface area contributed by atoms with E-state index in [1.807, 2.05) is 0 Å². The van der Waals surface area contributed by atoms with E-state index in [1.54, 1.807) is 12.4 Å². The predicted molar refractivity (Wildman–Crippen MR) is 76.2 cm³/mol. The van der Waals surface area contributed by atoms with Gasteiger partial charge in [0, 0.05) is 12.6 Å². The van der Waals surface area contributed by atoms with E-state index in [-0.39, 0.29) is 0 Å². The second-order valence-corrected chi connectivity index (χ2v) is 5.18. The van der Waals surface area contributed by atoms with Gasteiger partial charge in [-0.1, -0.05) is 19.8 Å². The van der Waals surface area contributed by atoms with Crippen LogP contribution < -0.4 is 15.8 Å². The standard InChI is InChI=1S/C14H24N4O/c1-2-7-19-14-10-16-9-13(18-14)17-8-11-5-3-4-6-12(11)15/h9-12H,2-8,15H2,1H3,(H,17,18). The summed E-state index contributed by atoms with van der Waals surface area (Å²) in [5.74, 6) is 1.89. The van der Waals surface area contributed by atoms with Crippen molar-refractivity contribution in [1.82, 2.24) is 9.97 Å². The summed E-state index contributed by atoms with van der Waals surface area (Å²) in [6.07, 6.45) is 9.23. The van der Waals surface area contributed by atoms with Gasteiger partial charge in [-0.3, -0.25) is 4.98 Å². The number of anilines is 1. The molecular weight excluding hydrogens is 240 g/mol. The molecule has 2 rings (SSSR count). The van der Waals surface area contributed by atoms with Crippen molar-refractivity contribution < 1.29 is 4.74 Å². The van der Waals surface area contributed by atoms with Crippen LogP contribution in [0.15, 0.2) is 12.4 Å². The van der Waals surface area contributed by atoms with Crippen LogP contribution in [0.3, 0.4) is 0 Å². The fourth-order valence-corrected chi connectivity index (χ4v) is 2.43. The van der Waals surface area contributed by atoms with Gasteiger partial charge in [0.1, 0.15) is 5.82 Å². The maximum absolute atomic E-state index is 6.14. The molecule has 1 aromatic rings.